The molecule has 0 fully saturated rings. The molecular formula is C23H51NO9P2. The normalized spacial score (nSPS) is 13.9. The Morgan fingerprint density at radius 2 is 1.14 bits per heavy atom. The smallest absolute Gasteiger partial charge is 0.368 e. The summed E-state index contributed by atoms with van der Waals surface area (Å²) in [6.07, 6.45) is 15.2. The first-order valence-electron chi connectivity index (χ1n) is 13.3. The van der Waals surface area contributed by atoms with Gasteiger partial charge in [-0.15, -0.1) is 0 Å². The highest BCUT2D eigenvalue weighted by Gasteiger charge is 2.61. The number of ether oxygens (including phenoxy) is 2. The average Bonchev–Trinajstić information content (AvgIpc) is 2.77. The van der Waals surface area contributed by atoms with Crippen LogP contribution in [0.4, 0.5) is 0 Å². The standard InChI is InChI=1S/C23H51NO9P2/c1-2-3-4-5-6-7-8-9-10-11-12-13-14-15-20-32-22(25)17-21-33-23(18-16-19-24,34(26,27)28)35(29,30)31/h22,25H,2-21,24H2,1H3,(H2,26,27,28)(H2,29,30,31). The van der Waals surface area contributed by atoms with E-state index >= 15 is 0 Å². The van der Waals surface area contributed by atoms with Crippen molar-refractivity contribution in [3.8, 4) is 0 Å². The van der Waals surface area contributed by atoms with Crippen molar-refractivity contribution >= 4 is 15.2 Å². The lowest BCUT2D eigenvalue weighted by molar-refractivity contribution is -0.118. The van der Waals surface area contributed by atoms with Crippen LogP contribution in [-0.2, 0) is 18.6 Å². The third kappa shape index (κ3) is 15.9. The molecule has 35 heavy (non-hydrogen) atoms. The van der Waals surface area contributed by atoms with Crippen LogP contribution in [0.1, 0.15) is 116 Å². The molecule has 0 aliphatic rings. The summed E-state index contributed by atoms with van der Waals surface area (Å²) < 4.78 is 34.0. The Bertz CT molecular complexity index is 576. The number of unbranched alkanes of at least 4 members (excludes halogenated alkanes) is 13. The van der Waals surface area contributed by atoms with Gasteiger partial charge in [0.1, 0.15) is 0 Å². The molecule has 0 aromatic carbocycles. The van der Waals surface area contributed by atoms with E-state index in [0.717, 1.165) is 19.3 Å². The first-order chi connectivity index (χ1) is 16.5. The maximum absolute atomic E-state index is 11.9. The Kier molecular flexibility index (Phi) is 20.2. The van der Waals surface area contributed by atoms with Crippen molar-refractivity contribution < 1.29 is 43.3 Å². The second-order valence-corrected chi connectivity index (χ2v) is 13.3. The van der Waals surface area contributed by atoms with Crippen molar-refractivity contribution in [3.05, 3.63) is 0 Å². The van der Waals surface area contributed by atoms with Gasteiger partial charge in [-0.3, -0.25) is 9.13 Å². The van der Waals surface area contributed by atoms with Gasteiger partial charge in [0.25, 0.3) is 5.08 Å². The number of hydrogen-bond donors (Lipinski definition) is 6. The Hall–Kier alpha value is 0.140. The van der Waals surface area contributed by atoms with Crippen LogP contribution in [0.2, 0.25) is 0 Å². The maximum atomic E-state index is 11.9. The molecule has 0 aliphatic carbocycles. The van der Waals surface area contributed by atoms with E-state index in [9.17, 15) is 33.8 Å². The molecule has 0 saturated carbocycles. The lowest BCUT2D eigenvalue weighted by Gasteiger charge is -2.34. The van der Waals surface area contributed by atoms with Gasteiger partial charge >= 0.3 is 15.2 Å². The maximum Gasteiger partial charge on any atom is 0.369 e. The quantitative estimate of drug-likeness (QED) is 0.0519. The largest absolute Gasteiger partial charge is 0.369 e. The van der Waals surface area contributed by atoms with Gasteiger partial charge in [-0.25, -0.2) is 0 Å². The molecule has 0 amide bonds. The van der Waals surface area contributed by atoms with E-state index in [-0.39, 0.29) is 19.4 Å². The van der Waals surface area contributed by atoms with Crippen molar-refractivity contribution in [2.24, 2.45) is 5.73 Å². The molecule has 1 unspecified atom stereocenters. The molecule has 0 saturated heterocycles. The number of aliphatic hydroxyl groups excluding tert-OH is 1. The van der Waals surface area contributed by atoms with Crippen LogP contribution < -0.4 is 5.73 Å². The summed E-state index contributed by atoms with van der Waals surface area (Å²) in [6.45, 7) is 2.06. The predicted octanol–water partition coefficient (Wildman–Crippen LogP) is 4.96. The molecule has 0 aromatic rings. The van der Waals surface area contributed by atoms with Crippen molar-refractivity contribution in [2.45, 2.75) is 127 Å². The van der Waals surface area contributed by atoms with E-state index < -0.39 is 39.6 Å². The van der Waals surface area contributed by atoms with Gasteiger partial charge in [0.2, 0.25) is 0 Å². The highest BCUT2D eigenvalue weighted by molar-refractivity contribution is 7.72. The van der Waals surface area contributed by atoms with Crippen molar-refractivity contribution in [1.82, 2.24) is 0 Å². The lowest BCUT2D eigenvalue weighted by atomic mass is 10.0. The Morgan fingerprint density at radius 1 is 0.714 bits per heavy atom. The zero-order valence-electron chi connectivity index (χ0n) is 21.6. The SMILES string of the molecule is CCCCCCCCCCCCCCCCOC(O)CCOC(CCCN)(P(=O)(O)O)P(=O)(O)O. The Balaban J connectivity index is 3.91. The van der Waals surface area contributed by atoms with Gasteiger partial charge in [-0.2, -0.15) is 0 Å². The zero-order valence-corrected chi connectivity index (χ0v) is 23.3. The van der Waals surface area contributed by atoms with Crippen molar-refractivity contribution in [3.63, 3.8) is 0 Å². The van der Waals surface area contributed by atoms with Gasteiger partial charge in [0, 0.05) is 19.4 Å². The van der Waals surface area contributed by atoms with Gasteiger partial charge in [-0.05, 0) is 19.4 Å². The zero-order chi connectivity index (χ0) is 26.6. The first-order valence-corrected chi connectivity index (χ1v) is 16.5. The summed E-state index contributed by atoms with van der Waals surface area (Å²) in [5.74, 6) is 0. The van der Waals surface area contributed by atoms with Crippen molar-refractivity contribution in [2.75, 3.05) is 19.8 Å². The van der Waals surface area contributed by atoms with E-state index in [1.54, 1.807) is 0 Å². The van der Waals surface area contributed by atoms with E-state index in [2.05, 4.69) is 6.92 Å². The monoisotopic (exact) mass is 547 g/mol. The predicted molar refractivity (Wildman–Crippen MR) is 138 cm³/mol. The molecule has 0 heterocycles. The minimum absolute atomic E-state index is 0.0178. The average molecular weight is 548 g/mol. The van der Waals surface area contributed by atoms with Crippen LogP contribution in [0.5, 0.6) is 0 Å². The molecule has 0 radical (unpaired) electrons. The Morgan fingerprint density at radius 3 is 1.54 bits per heavy atom. The Labute approximate surface area is 211 Å². The fourth-order valence-electron chi connectivity index (χ4n) is 3.96. The van der Waals surface area contributed by atoms with Crippen LogP contribution >= 0.6 is 15.2 Å². The van der Waals surface area contributed by atoms with E-state index in [4.69, 9.17) is 15.2 Å². The molecule has 12 heteroatoms. The third-order valence-corrected chi connectivity index (χ3v) is 10.2. The molecule has 1 atom stereocenters. The molecule has 0 spiro atoms. The third-order valence-electron chi connectivity index (χ3n) is 6.12. The minimum Gasteiger partial charge on any atom is -0.368 e. The van der Waals surface area contributed by atoms with E-state index in [1.807, 2.05) is 0 Å². The summed E-state index contributed by atoms with van der Waals surface area (Å²) in [7, 11) is -10.7. The fraction of sp³-hybridized carbons (Fsp3) is 1.00. The van der Waals surface area contributed by atoms with Crippen molar-refractivity contribution in [1.29, 1.82) is 0 Å². The van der Waals surface area contributed by atoms with Crippen LogP contribution in [-0.4, -0.2) is 55.8 Å². The summed E-state index contributed by atoms with van der Waals surface area (Å²) >= 11 is 0. The van der Waals surface area contributed by atoms with E-state index in [1.165, 1.54) is 70.6 Å². The first kappa shape index (κ1) is 35.1. The second kappa shape index (κ2) is 20.1. The van der Waals surface area contributed by atoms with Crippen LogP contribution in [0, 0.1) is 0 Å². The van der Waals surface area contributed by atoms with Crippen LogP contribution in [0.25, 0.3) is 0 Å². The summed E-state index contributed by atoms with van der Waals surface area (Å²) in [5, 5.41) is 6.96. The van der Waals surface area contributed by atoms with Crippen LogP contribution in [0.3, 0.4) is 0 Å². The fourth-order valence-corrected chi connectivity index (χ4v) is 6.73. The molecule has 0 bridgehead atoms. The topological polar surface area (TPSA) is 180 Å². The second-order valence-electron chi connectivity index (χ2n) is 9.28. The minimum atomic E-state index is -5.33. The lowest BCUT2D eigenvalue weighted by Crippen LogP contribution is -2.34. The number of rotatable bonds is 25. The van der Waals surface area contributed by atoms with Gasteiger partial charge in [-0.1, -0.05) is 90.4 Å². The molecule has 212 valence electrons. The number of aliphatic hydroxyl groups is 1. The highest BCUT2D eigenvalue weighted by atomic mass is 31.2. The van der Waals surface area contributed by atoms with Gasteiger partial charge in [0.05, 0.1) is 6.61 Å². The molecule has 0 aliphatic heterocycles. The summed E-state index contributed by atoms with van der Waals surface area (Å²) in [4.78, 5) is 38.3. The number of nitrogens with two attached hydrogens (primary N) is 1. The molecule has 10 nitrogen and oxygen atoms in total. The highest BCUT2D eigenvalue weighted by Crippen LogP contribution is 2.71. The molecule has 0 aromatic heterocycles. The molecule has 0 rings (SSSR count). The van der Waals surface area contributed by atoms with Gasteiger partial charge < -0.3 is 39.9 Å². The van der Waals surface area contributed by atoms with E-state index in [0.29, 0.717) is 6.61 Å². The van der Waals surface area contributed by atoms with Gasteiger partial charge in [0.15, 0.2) is 6.29 Å². The summed E-state index contributed by atoms with van der Waals surface area (Å²) in [6, 6.07) is 0. The molecule has 7 N–H and O–H groups in total. The van der Waals surface area contributed by atoms with Crippen LogP contribution in [0.15, 0.2) is 0 Å². The number of hydrogen-bond acceptors (Lipinski definition) is 6. The molecular weight excluding hydrogens is 496 g/mol. The summed E-state index contributed by atoms with van der Waals surface area (Å²) in [5.41, 5.74) is 5.33.